The maximum absolute atomic E-state index is 10.7. The number of halogens is 4. The summed E-state index contributed by atoms with van der Waals surface area (Å²) in [7, 11) is -9.96. The van der Waals surface area contributed by atoms with Crippen LogP contribution in [-0.4, -0.2) is 26.9 Å². The minimum Gasteiger partial charge on any atom is -0.211 e. The molecule has 0 atom stereocenters. The molecule has 0 aliphatic carbocycles. The molecule has 0 rings (SSSR count). The van der Waals surface area contributed by atoms with Gasteiger partial charge >= 0.3 is 20.8 Å². The molecule has 0 aromatic rings. The first-order valence-corrected chi connectivity index (χ1v) is 7.09. The van der Waals surface area contributed by atoms with Gasteiger partial charge in [-0.05, 0) is 0 Å². The molecular formula is C2H2Cl4O7S2. The Kier molecular flexibility index (Phi) is 6.41. The van der Waals surface area contributed by atoms with E-state index in [2.05, 4.69) is 12.0 Å². The highest BCUT2D eigenvalue weighted by Gasteiger charge is 2.28. The fourth-order valence-corrected chi connectivity index (χ4v) is 2.81. The average molecular weight is 344 g/mol. The van der Waals surface area contributed by atoms with Crippen LogP contribution < -0.4 is 0 Å². The molecule has 0 bridgehead atoms. The van der Waals surface area contributed by atoms with Gasteiger partial charge in [-0.1, -0.05) is 46.4 Å². The van der Waals surface area contributed by atoms with Gasteiger partial charge in [0.2, 0.25) is 10.0 Å². The SMILES string of the molecule is O=S(=O)(OC(Cl)Cl)OS(=O)(=O)OC(Cl)Cl. The molecule has 13 heteroatoms. The third-order valence-corrected chi connectivity index (χ3v) is 3.52. The standard InChI is InChI=1S/C2H2Cl4O7S2/c3-1(4)11-14(7,8)13-15(9,10)12-2(5)6/h1-2H. The molecule has 0 radical (unpaired) electrons. The highest BCUT2D eigenvalue weighted by atomic mass is 35.5. The first-order chi connectivity index (χ1) is 6.54. The third kappa shape index (κ3) is 8.72. The average Bonchev–Trinajstić information content (AvgIpc) is 1.73. The molecule has 0 saturated carbocycles. The van der Waals surface area contributed by atoms with E-state index in [1.165, 1.54) is 0 Å². The normalized spacial score (nSPS) is 13.7. The van der Waals surface area contributed by atoms with Crippen molar-refractivity contribution >= 4 is 67.2 Å². The van der Waals surface area contributed by atoms with Crippen LogP contribution in [0.25, 0.3) is 0 Å². The number of hydrogen-bond acceptors (Lipinski definition) is 7. The van der Waals surface area contributed by atoms with Gasteiger partial charge in [0.25, 0.3) is 0 Å². The second-order valence-electron chi connectivity index (χ2n) is 1.60. The quantitative estimate of drug-likeness (QED) is 0.665. The molecule has 0 amide bonds. The third-order valence-electron chi connectivity index (χ3n) is 0.548. The van der Waals surface area contributed by atoms with E-state index in [1.807, 2.05) is 0 Å². The maximum atomic E-state index is 10.7. The zero-order valence-corrected chi connectivity index (χ0v) is 11.0. The molecule has 0 unspecified atom stereocenters. The van der Waals surface area contributed by atoms with Crippen LogP contribution in [0.2, 0.25) is 0 Å². The lowest BCUT2D eigenvalue weighted by Gasteiger charge is -2.06. The lowest BCUT2D eigenvalue weighted by molar-refractivity contribution is 0.258. The van der Waals surface area contributed by atoms with Crippen molar-refractivity contribution in [2.75, 3.05) is 0 Å². The van der Waals surface area contributed by atoms with E-state index in [1.54, 1.807) is 0 Å². The van der Waals surface area contributed by atoms with E-state index in [4.69, 9.17) is 46.4 Å². The molecular weight excluding hydrogens is 342 g/mol. The summed E-state index contributed by atoms with van der Waals surface area (Å²) >= 11 is 19.6. The summed E-state index contributed by atoms with van der Waals surface area (Å²) in [5.41, 5.74) is 0. The van der Waals surface area contributed by atoms with E-state index in [0.29, 0.717) is 0 Å². The van der Waals surface area contributed by atoms with Crippen LogP contribution in [-0.2, 0) is 32.8 Å². The zero-order valence-electron chi connectivity index (χ0n) is 6.34. The van der Waals surface area contributed by atoms with Crippen LogP contribution in [0.5, 0.6) is 0 Å². The molecule has 0 aromatic heterocycles. The number of alkyl halides is 4. The minimum absolute atomic E-state index is 1.84. The van der Waals surface area contributed by atoms with Crippen molar-refractivity contribution < 1.29 is 28.8 Å². The van der Waals surface area contributed by atoms with E-state index < -0.39 is 30.8 Å². The van der Waals surface area contributed by atoms with Crippen LogP contribution in [0, 0.1) is 0 Å². The Labute approximate surface area is 106 Å². The van der Waals surface area contributed by atoms with Crippen LogP contribution >= 0.6 is 46.4 Å². The molecule has 0 fully saturated rings. The van der Waals surface area contributed by atoms with Gasteiger partial charge in [-0.15, -0.1) is 3.63 Å². The smallest absolute Gasteiger partial charge is 0.211 e. The fourth-order valence-electron chi connectivity index (χ4n) is 0.312. The Morgan fingerprint density at radius 1 is 0.733 bits per heavy atom. The van der Waals surface area contributed by atoms with Gasteiger partial charge in [-0.25, -0.2) is 8.37 Å². The predicted octanol–water partition coefficient (Wildman–Crippen LogP) is 1.05. The molecule has 7 nitrogen and oxygen atoms in total. The summed E-state index contributed by atoms with van der Waals surface area (Å²) < 4.78 is 53.5. The topological polar surface area (TPSA) is 96.0 Å². The molecule has 0 aliphatic heterocycles. The van der Waals surface area contributed by atoms with Gasteiger partial charge in [-0.2, -0.15) is 16.8 Å². The molecule has 0 aliphatic rings. The van der Waals surface area contributed by atoms with Crippen molar-refractivity contribution in [2.24, 2.45) is 0 Å². The first kappa shape index (κ1) is 15.9. The molecule has 0 aromatic carbocycles. The maximum Gasteiger partial charge on any atom is 0.418 e. The van der Waals surface area contributed by atoms with Gasteiger partial charge in [-0.3, -0.25) is 0 Å². The molecule has 0 spiro atoms. The Balaban J connectivity index is 4.60. The monoisotopic (exact) mass is 342 g/mol. The Morgan fingerprint density at radius 2 is 1.00 bits per heavy atom. The molecule has 0 heterocycles. The Morgan fingerprint density at radius 3 is 1.20 bits per heavy atom. The van der Waals surface area contributed by atoms with Gasteiger partial charge in [0, 0.05) is 0 Å². The van der Waals surface area contributed by atoms with E-state index in [0.717, 1.165) is 0 Å². The molecule has 0 N–H and O–H groups in total. The Bertz CT molecular complexity index is 345. The van der Waals surface area contributed by atoms with Crippen molar-refractivity contribution in [3.8, 4) is 0 Å². The first-order valence-electron chi connectivity index (χ1n) is 2.68. The van der Waals surface area contributed by atoms with Crippen molar-refractivity contribution in [1.82, 2.24) is 0 Å². The van der Waals surface area contributed by atoms with Gasteiger partial charge in [0.15, 0.2) is 0 Å². The van der Waals surface area contributed by atoms with Crippen LogP contribution in [0.4, 0.5) is 0 Å². The minimum atomic E-state index is -4.98. The fraction of sp³-hybridized carbons (Fsp3) is 1.00. The summed E-state index contributed by atoms with van der Waals surface area (Å²) in [6.07, 6.45) is 0. The molecule has 15 heavy (non-hydrogen) atoms. The highest BCUT2D eigenvalue weighted by molar-refractivity contribution is 7.95. The van der Waals surface area contributed by atoms with Crippen molar-refractivity contribution in [2.45, 2.75) is 10.0 Å². The second kappa shape index (κ2) is 6.03. The largest absolute Gasteiger partial charge is 0.418 e. The second-order valence-corrected chi connectivity index (χ2v) is 6.19. The van der Waals surface area contributed by atoms with Crippen LogP contribution in [0.3, 0.4) is 0 Å². The van der Waals surface area contributed by atoms with Crippen LogP contribution in [0.1, 0.15) is 0 Å². The molecule has 0 saturated heterocycles. The lowest BCUT2D eigenvalue weighted by atomic mass is 11.7. The number of hydrogen-bond donors (Lipinski definition) is 0. The zero-order chi connectivity index (χ0) is 12.3. The van der Waals surface area contributed by atoms with E-state index >= 15 is 0 Å². The Hall–Kier alpha value is 0.940. The molecule has 92 valence electrons. The summed E-state index contributed by atoms with van der Waals surface area (Å²) in [6, 6.07) is 0. The van der Waals surface area contributed by atoms with Crippen molar-refractivity contribution in [1.29, 1.82) is 0 Å². The number of rotatable bonds is 6. The van der Waals surface area contributed by atoms with Crippen LogP contribution in [0.15, 0.2) is 0 Å². The van der Waals surface area contributed by atoms with Gasteiger partial charge < -0.3 is 0 Å². The summed E-state index contributed by atoms with van der Waals surface area (Å²) in [6.45, 7) is 0. The summed E-state index contributed by atoms with van der Waals surface area (Å²) in [5, 5.41) is -3.68. The van der Waals surface area contributed by atoms with Gasteiger partial charge in [0.1, 0.15) is 0 Å². The van der Waals surface area contributed by atoms with E-state index in [-0.39, 0.29) is 0 Å². The van der Waals surface area contributed by atoms with E-state index in [9.17, 15) is 16.8 Å². The van der Waals surface area contributed by atoms with Gasteiger partial charge in [0.05, 0.1) is 0 Å². The lowest BCUT2D eigenvalue weighted by Crippen LogP contribution is -2.20. The summed E-state index contributed by atoms with van der Waals surface area (Å²) in [5.74, 6) is 0. The van der Waals surface area contributed by atoms with Crippen molar-refractivity contribution in [3.05, 3.63) is 0 Å². The highest BCUT2D eigenvalue weighted by Crippen LogP contribution is 2.15. The predicted molar refractivity (Wildman–Crippen MR) is 52.1 cm³/mol. The summed E-state index contributed by atoms with van der Waals surface area (Å²) in [4.78, 5) is 0. The van der Waals surface area contributed by atoms with Crippen molar-refractivity contribution in [3.63, 3.8) is 0 Å².